The Morgan fingerprint density at radius 3 is 3.00 bits per heavy atom. The largest absolute Gasteiger partial charge is 0.355 e. The van der Waals surface area contributed by atoms with Crippen LogP contribution >= 0.6 is 11.6 Å². The molecule has 0 aliphatic heterocycles. The Morgan fingerprint density at radius 1 is 1.56 bits per heavy atom. The lowest BCUT2D eigenvalue weighted by molar-refractivity contribution is -0.121. The molecule has 1 amide bonds. The molecule has 0 aliphatic rings. The number of hydrogen-bond donors (Lipinski definition) is 1. The van der Waals surface area contributed by atoms with Gasteiger partial charge in [0.1, 0.15) is 18.2 Å². The van der Waals surface area contributed by atoms with Crippen LogP contribution in [-0.2, 0) is 17.2 Å². The quantitative estimate of drug-likeness (QED) is 0.864. The van der Waals surface area contributed by atoms with Gasteiger partial charge in [-0.05, 0) is 19.1 Å². The fourth-order valence-electron chi connectivity index (χ4n) is 1.83. The number of nitrogens with zero attached hydrogens (tertiary/aromatic N) is 2. The van der Waals surface area contributed by atoms with Crippen LogP contribution in [0, 0.1) is 5.82 Å². The van der Waals surface area contributed by atoms with Crippen molar-refractivity contribution in [3.05, 3.63) is 29.8 Å². The van der Waals surface area contributed by atoms with Crippen LogP contribution in [0.25, 0.3) is 11.0 Å². The number of fused-ring (bicyclic) bond motifs is 1. The third-order valence-corrected chi connectivity index (χ3v) is 2.82. The molecule has 4 nitrogen and oxygen atoms in total. The normalized spacial score (nSPS) is 10.8. The Bertz CT molecular complexity index is 582. The molecular formula is C12H13ClFN3O. The van der Waals surface area contributed by atoms with E-state index in [1.807, 2.05) is 6.92 Å². The molecule has 0 atom stereocenters. The Labute approximate surface area is 109 Å². The van der Waals surface area contributed by atoms with Gasteiger partial charge in [0.2, 0.25) is 5.91 Å². The molecule has 0 fully saturated rings. The second-order valence-corrected chi connectivity index (χ2v) is 4.10. The summed E-state index contributed by atoms with van der Waals surface area (Å²) in [7, 11) is 0. The first-order valence-electron chi connectivity index (χ1n) is 5.63. The molecule has 1 heterocycles. The second-order valence-electron chi connectivity index (χ2n) is 3.83. The van der Waals surface area contributed by atoms with Gasteiger partial charge in [0.25, 0.3) is 0 Å². The number of imidazole rings is 1. The average Bonchev–Trinajstić information content (AvgIpc) is 2.66. The summed E-state index contributed by atoms with van der Waals surface area (Å²) in [6.07, 6.45) is 0. The SMILES string of the molecule is CCNC(=O)Cn1c(CCl)nc2cc(F)ccc21. The highest BCUT2D eigenvalue weighted by molar-refractivity contribution is 6.16. The molecule has 1 N–H and O–H groups in total. The van der Waals surface area contributed by atoms with Gasteiger partial charge in [-0.25, -0.2) is 9.37 Å². The van der Waals surface area contributed by atoms with Crippen molar-refractivity contribution in [2.24, 2.45) is 0 Å². The fraction of sp³-hybridized carbons (Fsp3) is 0.333. The topological polar surface area (TPSA) is 46.9 Å². The maximum absolute atomic E-state index is 13.1. The van der Waals surface area contributed by atoms with E-state index in [0.29, 0.717) is 23.4 Å². The van der Waals surface area contributed by atoms with Crippen molar-refractivity contribution >= 4 is 28.5 Å². The van der Waals surface area contributed by atoms with Gasteiger partial charge < -0.3 is 9.88 Å². The van der Waals surface area contributed by atoms with Gasteiger partial charge in [-0.2, -0.15) is 0 Å². The summed E-state index contributed by atoms with van der Waals surface area (Å²) in [4.78, 5) is 15.8. The Morgan fingerprint density at radius 2 is 2.33 bits per heavy atom. The summed E-state index contributed by atoms with van der Waals surface area (Å²) < 4.78 is 14.8. The van der Waals surface area contributed by atoms with Crippen molar-refractivity contribution in [2.45, 2.75) is 19.3 Å². The van der Waals surface area contributed by atoms with Crippen LogP contribution in [-0.4, -0.2) is 22.0 Å². The van der Waals surface area contributed by atoms with Crippen LogP contribution in [0.1, 0.15) is 12.7 Å². The van der Waals surface area contributed by atoms with E-state index < -0.39 is 0 Å². The summed E-state index contributed by atoms with van der Waals surface area (Å²) in [5, 5.41) is 2.71. The number of halogens is 2. The smallest absolute Gasteiger partial charge is 0.239 e. The van der Waals surface area contributed by atoms with Gasteiger partial charge in [0.15, 0.2) is 0 Å². The predicted molar refractivity (Wildman–Crippen MR) is 67.9 cm³/mol. The molecule has 6 heteroatoms. The zero-order valence-electron chi connectivity index (χ0n) is 9.91. The van der Waals surface area contributed by atoms with Gasteiger partial charge in [-0.3, -0.25) is 4.79 Å². The standard InChI is InChI=1S/C12H13ClFN3O/c1-2-15-12(18)7-17-10-4-3-8(14)5-9(10)16-11(17)6-13/h3-5H,2,6-7H2,1H3,(H,15,18). The number of nitrogens with one attached hydrogen (secondary N) is 1. The number of carbonyl (C=O) groups is 1. The maximum Gasteiger partial charge on any atom is 0.239 e. The maximum atomic E-state index is 13.1. The monoisotopic (exact) mass is 269 g/mol. The minimum Gasteiger partial charge on any atom is -0.355 e. The van der Waals surface area contributed by atoms with Crippen molar-refractivity contribution in [3.63, 3.8) is 0 Å². The molecule has 0 aliphatic carbocycles. The lowest BCUT2D eigenvalue weighted by Crippen LogP contribution is -2.27. The zero-order valence-corrected chi connectivity index (χ0v) is 10.7. The van der Waals surface area contributed by atoms with E-state index in [0.717, 1.165) is 0 Å². The lowest BCUT2D eigenvalue weighted by Gasteiger charge is -2.07. The number of carbonyl (C=O) groups excluding carboxylic acids is 1. The van der Waals surface area contributed by atoms with E-state index in [1.165, 1.54) is 12.1 Å². The summed E-state index contributed by atoms with van der Waals surface area (Å²) in [5.74, 6) is 0.262. The Hall–Kier alpha value is -1.62. The first kappa shape index (κ1) is 12.8. The molecule has 0 radical (unpaired) electrons. The minimum absolute atomic E-state index is 0.118. The number of likely N-dealkylation sites (N-methyl/N-ethyl adjacent to an activating group) is 1. The van der Waals surface area contributed by atoms with Crippen LogP contribution in [0.15, 0.2) is 18.2 Å². The fourth-order valence-corrected chi connectivity index (χ4v) is 2.03. The first-order valence-corrected chi connectivity index (χ1v) is 6.16. The third-order valence-electron chi connectivity index (χ3n) is 2.58. The molecule has 0 saturated heterocycles. The number of hydrogen-bond acceptors (Lipinski definition) is 2. The van der Waals surface area contributed by atoms with Crippen LogP contribution in [0.3, 0.4) is 0 Å². The number of rotatable bonds is 4. The van der Waals surface area contributed by atoms with Crippen molar-refractivity contribution in [3.8, 4) is 0 Å². The Kier molecular flexibility index (Phi) is 3.81. The van der Waals surface area contributed by atoms with E-state index in [2.05, 4.69) is 10.3 Å². The molecule has 0 bridgehead atoms. The van der Waals surface area contributed by atoms with E-state index in [1.54, 1.807) is 10.6 Å². The summed E-state index contributed by atoms with van der Waals surface area (Å²) >= 11 is 5.80. The van der Waals surface area contributed by atoms with Crippen LogP contribution in [0.2, 0.25) is 0 Å². The number of alkyl halides is 1. The van der Waals surface area contributed by atoms with E-state index >= 15 is 0 Å². The van der Waals surface area contributed by atoms with E-state index in [4.69, 9.17) is 11.6 Å². The molecule has 0 unspecified atom stereocenters. The summed E-state index contributed by atoms with van der Waals surface area (Å²) in [6.45, 7) is 2.55. The van der Waals surface area contributed by atoms with Gasteiger partial charge in [-0.1, -0.05) is 0 Å². The highest BCUT2D eigenvalue weighted by Crippen LogP contribution is 2.18. The average molecular weight is 270 g/mol. The molecule has 1 aromatic heterocycles. The van der Waals surface area contributed by atoms with Crippen LogP contribution < -0.4 is 5.32 Å². The molecule has 0 saturated carbocycles. The van der Waals surface area contributed by atoms with Crippen molar-refractivity contribution in [2.75, 3.05) is 6.54 Å². The van der Waals surface area contributed by atoms with Crippen LogP contribution in [0.4, 0.5) is 4.39 Å². The van der Waals surface area contributed by atoms with Gasteiger partial charge in [-0.15, -0.1) is 11.6 Å². The summed E-state index contributed by atoms with van der Waals surface area (Å²) in [5.41, 5.74) is 1.22. The van der Waals surface area contributed by atoms with Crippen molar-refractivity contribution in [1.29, 1.82) is 0 Å². The molecule has 0 spiro atoms. The van der Waals surface area contributed by atoms with Gasteiger partial charge in [0, 0.05) is 12.6 Å². The first-order chi connectivity index (χ1) is 8.65. The molecule has 96 valence electrons. The molecule has 2 rings (SSSR count). The van der Waals surface area contributed by atoms with Gasteiger partial charge >= 0.3 is 0 Å². The number of amides is 1. The van der Waals surface area contributed by atoms with Crippen molar-refractivity contribution in [1.82, 2.24) is 14.9 Å². The Balaban J connectivity index is 2.43. The number of aromatic nitrogens is 2. The molecule has 2 aromatic rings. The highest BCUT2D eigenvalue weighted by Gasteiger charge is 2.13. The summed E-state index contributed by atoms with van der Waals surface area (Å²) in [6, 6.07) is 4.28. The predicted octanol–water partition coefficient (Wildman–Crippen LogP) is 2.05. The zero-order chi connectivity index (χ0) is 13.1. The molecular weight excluding hydrogens is 257 g/mol. The third kappa shape index (κ3) is 2.46. The van der Waals surface area contributed by atoms with E-state index in [-0.39, 0.29) is 24.1 Å². The van der Waals surface area contributed by atoms with E-state index in [9.17, 15) is 9.18 Å². The lowest BCUT2D eigenvalue weighted by atomic mass is 10.3. The highest BCUT2D eigenvalue weighted by atomic mass is 35.5. The second kappa shape index (κ2) is 5.35. The van der Waals surface area contributed by atoms with Crippen LogP contribution in [0.5, 0.6) is 0 Å². The molecule has 1 aromatic carbocycles. The molecule has 18 heavy (non-hydrogen) atoms. The number of benzene rings is 1. The van der Waals surface area contributed by atoms with Gasteiger partial charge in [0.05, 0.1) is 16.9 Å². The van der Waals surface area contributed by atoms with Crippen molar-refractivity contribution < 1.29 is 9.18 Å². The minimum atomic E-state index is -0.355.